The molecule has 17 rings (SSSR count). The molecule has 0 fully saturated rings. The summed E-state index contributed by atoms with van der Waals surface area (Å²) in [5.41, 5.74) is 17.8. The largest absolute Gasteiger partial charge is 0.140 e. The highest BCUT2D eigenvalue weighted by atomic mass is 32.2. The van der Waals surface area contributed by atoms with Crippen molar-refractivity contribution in [2.75, 3.05) is 0 Å². The first-order chi connectivity index (χ1) is 53.9. The Morgan fingerprint density at radius 1 is 0.234 bits per heavy atom. The Hall–Kier alpha value is -5.98. The number of thiophene rings is 13. The molecule has 0 unspecified atom stereocenters. The van der Waals surface area contributed by atoms with E-state index in [1.165, 1.54) is 260 Å². The van der Waals surface area contributed by atoms with Gasteiger partial charge in [0.05, 0.1) is 0 Å². The summed E-state index contributed by atoms with van der Waals surface area (Å²) < 4.78 is 5.87. The Bertz CT molecular complexity index is 6220. The molecule has 13 aromatic heterocycles. The fourth-order valence-corrected chi connectivity index (χ4v) is 31.6. The molecule has 0 spiro atoms. The summed E-state index contributed by atoms with van der Waals surface area (Å²) >= 11 is 25.7. The van der Waals surface area contributed by atoms with E-state index in [1.807, 2.05) is 113 Å². The van der Waals surface area contributed by atoms with E-state index in [9.17, 15) is 0 Å². The van der Waals surface area contributed by atoms with Gasteiger partial charge in [-0.3, -0.25) is 0 Å². The number of unbranched alkanes of at least 4 members (excludes halogenated alkanes) is 6. The Balaban J connectivity index is 0.820. The van der Waals surface area contributed by atoms with Gasteiger partial charge in [-0.15, -0.1) is 147 Å². The summed E-state index contributed by atoms with van der Waals surface area (Å²) in [6.45, 7) is 33.0. The van der Waals surface area contributed by atoms with Gasteiger partial charge in [-0.2, -0.15) is 0 Å². The minimum atomic E-state index is 0.375. The Labute approximate surface area is 709 Å². The molecule has 0 N–H and O–H groups in total. The second-order valence-corrected chi connectivity index (χ2v) is 45.9. The van der Waals surface area contributed by atoms with E-state index in [1.54, 1.807) is 5.56 Å². The molecule has 0 aliphatic rings. The van der Waals surface area contributed by atoms with Gasteiger partial charge in [-0.05, 0) is 289 Å². The first kappa shape index (κ1) is 77.6. The molecule has 111 heavy (non-hydrogen) atoms. The van der Waals surface area contributed by atoms with Crippen LogP contribution >= 0.6 is 147 Å². The van der Waals surface area contributed by atoms with Crippen molar-refractivity contribution in [1.29, 1.82) is 0 Å². The van der Waals surface area contributed by atoms with E-state index in [4.69, 9.17) is 0 Å². The molecule has 0 saturated carbocycles. The highest BCUT2D eigenvalue weighted by Gasteiger charge is 2.30. The van der Waals surface area contributed by atoms with Gasteiger partial charge in [-0.25, -0.2) is 0 Å². The molecule has 566 valence electrons. The van der Waals surface area contributed by atoms with Crippen LogP contribution in [0.1, 0.15) is 212 Å². The molecule has 0 bridgehead atoms. The van der Waals surface area contributed by atoms with Crippen LogP contribution < -0.4 is 0 Å². The second-order valence-electron chi connectivity index (χ2n) is 31.5. The van der Waals surface area contributed by atoms with Gasteiger partial charge < -0.3 is 0 Å². The van der Waals surface area contributed by atoms with Crippen LogP contribution in [0.5, 0.6) is 0 Å². The molecule has 13 heterocycles. The van der Waals surface area contributed by atoms with Crippen LogP contribution in [-0.2, 0) is 19.3 Å². The van der Waals surface area contributed by atoms with Crippen LogP contribution in [0.3, 0.4) is 0 Å². The number of rotatable bonds is 28. The maximum atomic E-state index is 2.77. The van der Waals surface area contributed by atoms with Crippen LogP contribution in [-0.4, -0.2) is 0 Å². The zero-order chi connectivity index (χ0) is 76.6. The SMILES string of the molecule is CCCCCc1cc(-c2cc(CCCCC)c(C(C)C)c3sc(-c4ccc(-c5ccc(-c6ccc(C)s6)s5)s4)cc23)c2cc(-c3ccc(-c4ccc(-c5ccc(-c6ccc(-c7cc8c(C(C)C)cc(C)c(C(C)C)c8s7)s6)s5)s4)s3)sc2c1-c1c(CCCCC)cc(C(C)C)c2cc(-c3ccc(-c4ccc(C)s4)s3)sc12. The molecule has 0 atom stereocenters. The van der Waals surface area contributed by atoms with Gasteiger partial charge in [0, 0.05) is 148 Å². The van der Waals surface area contributed by atoms with Crippen molar-refractivity contribution >= 4 is 188 Å². The summed E-state index contributed by atoms with van der Waals surface area (Å²) in [6.07, 6.45) is 13.9. The fourth-order valence-electron chi connectivity index (χ4n) is 16.6. The molecule has 0 aliphatic carbocycles. The number of fused-ring (bicyclic) bond motifs is 4. The summed E-state index contributed by atoms with van der Waals surface area (Å²) in [5.74, 6) is 1.71. The zero-order valence-corrected chi connectivity index (χ0v) is 76.7. The molecular formula is C98H96S13. The van der Waals surface area contributed by atoms with Crippen molar-refractivity contribution in [3.63, 3.8) is 0 Å². The molecule has 0 radical (unpaired) electrons. The Morgan fingerprint density at radius 3 is 0.847 bits per heavy atom. The third-order valence-electron chi connectivity index (χ3n) is 22.1. The lowest BCUT2D eigenvalue weighted by atomic mass is 9.83. The smallest absolute Gasteiger partial charge is 0.0455 e. The van der Waals surface area contributed by atoms with Gasteiger partial charge in [-0.1, -0.05) is 133 Å². The highest BCUT2D eigenvalue weighted by molar-refractivity contribution is 7.33. The summed E-state index contributed by atoms with van der Waals surface area (Å²) in [5, 5.41) is 5.69. The highest BCUT2D eigenvalue weighted by Crippen LogP contribution is 2.57. The standard InChI is InChI=1S/C98H96S13/c1-15-18-21-24-60-47-65(69-51-89(109-96(69)92(60)56(10)11)85-43-39-80(106-85)77-32-31-73(101-77)71-29-27-58(13)99-71)66-48-62(26-23-20-17-3)94(93-61(25-22-19-16-2)46-64(54(6)7)68-50-88(110-97(68)93)84-41-37-74(104-84)72-30-28-59(14)100-72)98-70(66)52-90(111-98)86-44-40-82(107-86)79-36-34-76(103-79)75-33-35-78(102-75)81-38-42-83(105-81)87-49-67-63(53(4)5)45-57(12)91(55(8)9)95(67)108-87/h27-56H,15-26H2,1-14H3. The lowest BCUT2D eigenvalue weighted by Crippen LogP contribution is -2.01. The van der Waals surface area contributed by atoms with Gasteiger partial charge in [0.15, 0.2) is 0 Å². The predicted molar refractivity (Wildman–Crippen MR) is 514 cm³/mol. The summed E-state index contributed by atoms with van der Waals surface area (Å²) in [7, 11) is 0. The number of aryl methyl sites for hydroxylation is 6. The quantitative estimate of drug-likeness (QED) is 0.0429. The topological polar surface area (TPSA) is 0 Å². The average Bonchev–Trinajstić information content (AvgIpc) is 1.66. The Morgan fingerprint density at radius 2 is 0.505 bits per heavy atom. The van der Waals surface area contributed by atoms with E-state index in [2.05, 4.69) is 289 Å². The monoisotopic (exact) mass is 1690 g/mol. The molecule has 0 aliphatic heterocycles. The molecule has 13 heteroatoms. The van der Waals surface area contributed by atoms with Crippen molar-refractivity contribution < 1.29 is 0 Å². The molecular weight excluding hydrogens is 1590 g/mol. The average molecular weight is 1690 g/mol. The van der Waals surface area contributed by atoms with Gasteiger partial charge in [0.2, 0.25) is 0 Å². The van der Waals surface area contributed by atoms with Crippen molar-refractivity contribution in [1.82, 2.24) is 0 Å². The molecule has 0 amide bonds. The maximum Gasteiger partial charge on any atom is 0.0455 e. The van der Waals surface area contributed by atoms with Crippen LogP contribution in [0.2, 0.25) is 0 Å². The Kier molecular flexibility index (Phi) is 23.0. The minimum Gasteiger partial charge on any atom is -0.140 e. The van der Waals surface area contributed by atoms with E-state index in [-0.39, 0.29) is 0 Å². The van der Waals surface area contributed by atoms with E-state index < -0.39 is 0 Å². The number of hydrogen-bond donors (Lipinski definition) is 0. The molecule has 17 aromatic rings. The fraction of sp³-hybridized carbons (Fsp3) is 0.306. The predicted octanol–water partition coefficient (Wildman–Crippen LogP) is 37.7. The lowest BCUT2D eigenvalue weighted by Gasteiger charge is -2.22. The van der Waals surface area contributed by atoms with Crippen molar-refractivity contribution in [2.45, 2.75) is 198 Å². The van der Waals surface area contributed by atoms with Gasteiger partial charge in [0.1, 0.15) is 0 Å². The lowest BCUT2D eigenvalue weighted by molar-refractivity contribution is 0.709. The van der Waals surface area contributed by atoms with E-state index >= 15 is 0 Å². The third-order valence-corrected chi connectivity index (χ3v) is 38.3. The molecule has 0 nitrogen and oxygen atoms in total. The summed E-state index contributed by atoms with van der Waals surface area (Å²) in [6, 6.07) is 63.6. The van der Waals surface area contributed by atoms with E-state index in [0.717, 1.165) is 25.7 Å². The van der Waals surface area contributed by atoms with Crippen LogP contribution in [0.4, 0.5) is 0 Å². The van der Waals surface area contributed by atoms with Gasteiger partial charge >= 0.3 is 0 Å². The van der Waals surface area contributed by atoms with Crippen molar-refractivity contribution in [2.24, 2.45) is 0 Å². The van der Waals surface area contributed by atoms with Gasteiger partial charge in [0.25, 0.3) is 0 Å². The van der Waals surface area contributed by atoms with Crippen LogP contribution in [0, 0.1) is 20.8 Å². The number of benzene rings is 4. The maximum absolute atomic E-state index is 2.77. The normalized spacial score (nSPS) is 12.3. The third kappa shape index (κ3) is 15.3. The second kappa shape index (κ2) is 33.0. The first-order valence-corrected chi connectivity index (χ1v) is 50.7. The van der Waals surface area contributed by atoms with Crippen molar-refractivity contribution in [3.8, 4) is 120 Å². The van der Waals surface area contributed by atoms with Crippen LogP contribution in [0.15, 0.2) is 158 Å². The van der Waals surface area contributed by atoms with Crippen LogP contribution in [0.25, 0.3) is 160 Å². The van der Waals surface area contributed by atoms with E-state index in [0.29, 0.717) is 23.7 Å². The zero-order valence-electron chi connectivity index (χ0n) is 66.1. The van der Waals surface area contributed by atoms with Crippen molar-refractivity contribution in [3.05, 3.63) is 212 Å². The molecule has 0 saturated heterocycles. The molecule has 4 aromatic carbocycles. The first-order valence-electron chi connectivity index (χ1n) is 40.1. The minimum absolute atomic E-state index is 0.375. The summed E-state index contributed by atoms with van der Waals surface area (Å²) in [4.78, 5) is 29.8. The number of hydrogen-bond acceptors (Lipinski definition) is 13.